The van der Waals surface area contributed by atoms with Crippen molar-refractivity contribution in [2.45, 2.75) is 39.0 Å². The van der Waals surface area contributed by atoms with Gasteiger partial charge in [-0.15, -0.1) is 0 Å². The molecule has 0 radical (unpaired) electrons. The van der Waals surface area contributed by atoms with E-state index < -0.39 is 0 Å². The molecular weight excluding hydrogens is 252 g/mol. The van der Waals surface area contributed by atoms with Crippen LogP contribution in [0.5, 0.6) is 5.75 Å². The predicted octanol–water partition coefficient (Wildman–Crippen LogP) is 3.43. The molecule has 0 saturated heterocycles. The van der Waals surface area contributed by atoms with Crippen molar-refractivity contribution in [1.82, 2.24) is 0 Å². The summed E-state index contributed by atoms with van der Waals surface area (Å²) in [5.41, 5.74) is 7.08. The minimum atomic E-state index is 0.0454. The number of hydrogen-bond donors (Lipinski definition) is 2. The van der Waals surface area contributed by atoms with Gasteiger partial charge in [0.15, 0.2) is 0 Å². The minimum Gasteiger partial charge on any atom is -0.497 e. The number of methoxy groups -OCH3 is 1. The van der Waals surface area contributed by atoms with Gasteiger partial charge in [0.05, 0.1) is 18.5 Å². The van der Waals surface area contributed by atoms with E-state index in [0.717, 1.165) is 18.8 Å². The molecule has 1 aliphatic rings. The summed E-state index contributed by atoms with van der Waals surface area (Å²) >= 11 is 0. The lowest BCUT2D eigenvalue weighted by molar-refractivity contribution is -0.117. The van der Waals surface area contributed by atoms with Crippen LogP contribution >= 0.6 is 0 Å². The number of amides is 1. The normalized spacial score (nSPS) is 22.3. The third-order valence-electron chi connectivity index (χ3n) is 4.05. The molecule has 2 unspecified atom stereocenters. The lowest BCUT2D eigenvalue weighted by atomic mass is 9.81. The topological polar surface area (TPSA) is 64.3 Å². The number of carbonyl (C=O) groups excluding carboxylic acids is 1. The van der Waals surface area contributed by atoms with Crippen LogP contribution in [-0.2, 0) is 4.79 Å². The molecule has 0 aliphatic heterocycles. The number of anilines is 2. The Morgan fingerprint density at radius 2 is 2.25 bits per heavy atom. The SMILES string of the molecule is COc1ccc(N)c(NC(=O)CC2CCCC(C)C2)c1. The van der Waals surface area contributed by atoms with Crippen LogP contribution in [-0.4, -0.2) is 13.0 Å². The summed E-state index contributed by atoms with van der Waals surface area (Å²) in [4.78, 5) is 12.1. The van der Waals surface area contributed by atoms with Crippen molar-refractivity contribution in [3.8, 4) is 5.75 Å². The highest BCUT2D eigenvalue weighted by molar-refractivity contribution is 5.94. The van der Waals surface area contributed by atoms with Gasteiger partial charge in [-0.1, -0.05) is 19.8 Å². The summed E-state index contributed by atoms with van der Waals surface area (Å²) in [5.74, 6) is 1.99. The fourth-order valence-electron chi connectivity index (χ4n) is 2.98. The molecule has 110 valence electrons. The fourth-order valence-corrected chi connectivity index (χ4v) is 2.98. The third-order valence-corrected chi connectivity index (χ3v) is 4.05. The summed E-state index contributed by atoms with van der Waals surface area (Å²) in [6.07, 6.45) is 5.43. The molecule has 0 aromatic heterocycles. The van der Waals surface area contributed by atoms with Crippen molar-refractivity contribution in [2.24, 2.45) is 11.8 Å². The van der Waals surface area contributed by atoms with Crippen LogP contribution in [0.1, 0.15) is 39.0 Å². The van der Waals surface area contributed by atoms with E-state index in [0.29, 0.717) is 29.5 Å². The van der Waals surface area contributed by atoms with E-state index in [1.165, 1.54) is 12.8 Å². The highest BCUT2D eigenvalue weighted by Crippen LogP contribution is 2.31. The van der Waals surface area contributed by atoms with Gasteiger partial charge in [-0.3, -0.25) is 4.79 Å². The molecule has 1 aromatic rings. The number of rotatable bonds is 4. The quantitative estimate of drug-likeness (QED) is 0.828. The molecule has 0 heterocycles. The van der Waals surface area contributed by atoms with Crippen molar-refractivity contribution in [3.63, 3.8) is 0 Å². The first kappa shape index (κ1) is 14.7. The number of nitrogen functional groups attached to an aromatic ring is 1. The number of nitrogens with one attached hydrogen (secondary N) is 1. The number of hydrogen-bond acceptors (Lipinski definition) is 3. The highest BCUT2D eigenvalue weighted by atomic mass is 16.5. The molecule has 1 aliphatic carbocycles. The Labute approximate surface area is 120 Å². The van der Waals surface area contributed by atoms with Gasteiger partial charge in [0, 0.05) is 12.5 Å². The van der Waals surface area contributed by atoms with Crippen LogP contribution in [0, 0.1) is 11.8 Å². The predicted molar refractivity (Wildman–Crippen MR) is 81.8 cm³/mol. The smallest absolute Gasteiger partial charge is 0.224 e. The molecule has 1 saturated carbocycles. The molecule has 3 N–H and O–H groups in total. The van der Waals surface area contributed by atoms with Gasteiger partial charge in [-0.25, -0.2) is 0 Å². The van der Waals surface area contributed by atoms with Crippen LogP contribution in [0.3, 0.4) is 0 Å². The Morgan fingerprint density at radius 1 is 1.45 bits per heavy atom. The zero-order chi connectivity index (χ0) is 14.5. The molecular formula is C16H24N2O2. The number of carbonyl (C=O) groups is 1. The maximum absolute atomic E-state index is 12.1. The average Bonchev–Trinajstić information content (AvgIpc) is 2.41. The monoisotopic (exact) mass is 276 g/mol. The first-order valence-corrected chi connectivity index (χ1v) is 7.32. The molecule has 2 atom stereocenters. The maximum atomic E-state index is 12.1. The molecule has 4 heteroatoms. The summed E-state index contributed by atoms with van der Waals surface area (Å²) in [6.45, 7) is 2.27. The maximum Gasteiger partial charge on any atom is 0.224 e. The molecule has 1 fully saturated rings. The van der Waals surface area contributed by atoms with Crippen LogP contribution in [0.25, 0.3) is 0 Å². The fraction of sp³-hybridized carbons (Fsp3) is 0.562. The average molecular weight is 276 g/mol. The number of nitrogens with two attached hydrogens (primary N) is 1. The second-order valence-corrected chi connectivity index (χ2v) is 5.84. The van der Waals surface area contributed by atoms with Crippen LogP contribution < -0.4 is 15.8 Å². The summed E-state index contributed by atoms with van der Waals surface area (Å²) < 4.78 is 5.15. The van der Waals surface area contributed by atoms with Crippen molar-refractivity contribution in [3.05, 3.63) is 18.2 Å². The Bertz CT molecular complexity index is 474. The summed E-state index contributed by atoms with van der Waals surface area (Å²) in [7, 11) is 1.60. The zero-order valence-electron chi connectivity index (χ0n) is 12.3. The van der Waals surface area contributed by atoms with Crippen molar-refractivity contribution in [2.75, 3.05) is 18.2 Å². The summed E-state index contributed by atoms with van der Waals surface area (Å²) in [6, 6.07) is 5.29. The Morgan fingerprint density at radius 3 is 2.95 bits per heavy atom. The second-order valence-electron chi connectivity index (χ2n) is 5.84. The van der Waals surface area contributed by atoms with E-state index in [4.69, 9.17) is 10.5 Å². The van der Waals surface area contributed by atoms with Gasteiger partial charge in [0.25, 0.3) is 0 Å². The molecule has 1 amide bonds. The largest absolute Gasteiger partial charge is 0.497 e. The first-order valence-electron chi connectivity index (χ1n) is 7.32. The molecule has 20 heavy (non-hydrogen) atoms. The van der Waals surface area contributed by atoms with E-state index in [-0.39, 0.29) is 5.91 Å². The van der Waals surface area contributed by atoms with E-state index in [2.05, 4.69) is 12.2 Å². The van der Waals surface area contributed by atoms with Crippen molar-refractivity contribution >= 4 is 17.3 Å². The van der Waals surface area contributed by atoms with Gasteiger partial charge in [-0.05, 0) is 36.8 Å². The molecule has 0 spiro atoms. The highest BCUT2D eigenvalue weighted by Gasteiger charge is 2.21. The third kappa shape index (κ3) is 3.89. The lowest BCUT2D eigenvalue weighted by Crippen LogP contribution is -2.21. The van der Waals surface area contributed by atoms with Crippen LogP contribution in [0.2, 0.25) is 0 Å². The van der Waals surface area contributed by atoms with E-state index >= 15 is 0 Å². The van der Waals surface area contributed by atoms with E-state index in [1.807, 2.05) is 0 Å². The van der Waals surface area contributed by atoms with Crippen LogP contribution in [0.15, 0.2) is 18.2 Å². The van der Waals surface area contributed by atoms with E-state index in [1.54, 1.807) is 25.3 Å². The van der Waals surface area contributed by atoms with Crippen molar-refractivity contribution < 1.29 is 9.53 Å². The van der Waals surface area contributed by atoms with Gasteiger partial charge in [0.2, 0.25) is 5.91 Å². The number of benzene rings is 1. The van der Waals surface area contributed by atoms with Gasteiger partial charge in [0.1, 0.15) is 5.75 Å². The lowest BCUT2D eigenvalue weighted by Gasteiger charge is -2.26. The van der Waals surface area contributed by atoms with Crippen LogP contribution in [0.4, 0.5) is 11.4 Å². The zero-order valence-corrected chi connectivity index (χ0v) is 12.3. The Kier molecular flexibility index (Phi) is 4.88. The molecule has 4 nitrogen and oxygen atoms in total. The first-order chi connectivity index (χ1) is 9.58. The molecule has 2 rings (SSSR count). The minimum absolute atomic E-state index is 0.0454. The van der Waals surface area contributed by atoms with Crippen molar-refractivity contribution in [1.29, 1.82) is 0 Å². The Balaban J connectivity index is 1.94. The summed E-state index contributed by atoms with van der Waals surface area (Å²) in [5, 5.41) is 2.90. The number of ether oxygens (including phenoxy) is 1. The molecule has 0 bridgehead atoms. The standard InChI is InChI=1S/C16H24N2O2/c1-11-4-3-5-12(8-11)9-16(19)18-15-10-13(20-2)6-7-14(15)17/h6-7,10-12H,3-5,8-9,17H2,1-2H3,(H,18,19). The van der Waals surface area contributed by atoms with Gasteiger partial charge in [-0.2, -0.15) is 0 Å². The van der Waals surface area contributed by atoms with Gasteiger partial charge >= 0.3 is 0 Å². The van der Waals surface area contributed by atoms with Gasteiger partial charge < -0.3 is 15.8 Å². The molecule has 1 aromatic carbocycles. The van der Waals surface area contributed by atoms with E-state index in [9.17, 15) is 4.79 Å². The Hall–Kier alpha value is -1.71. The second kappa shape index (κ2) is 6.64.